The molecule has 0 bridgehead atoms. The van der Waals surface area contributed by atoms with Crippen molar-refractivity contribution in [1.29, 1.82) is 5.26 Å². The summed E-state index contributed by atoms with van der Waals surface area (Å²) in [6, 6.07) is 13.3. The van der Waals surface area contributed by atoms with Crippen LogP contribution in [0, 0.1) is 17.1 Å². The van der Waals surface area contributed by atoms with Crippen molar-refractivity contribution in [3.8, 4) is 28.8 Å². The number of methoxy groups -OCH3 is 1. The summed E-state index contributed by atoms with van der Waals surface area (Å²) in [5.41, 5.74) is 1.72. The van der Waals surface area contributed by atoms with E-state index >= 15 is 0 Å². The molecule has 0 spiro atoms. The molecule has 0 saturated carbocycles. The molecule has 0 aliphatic carbocycles. The Labute approximate surface area is 165 Å². The van der Waals surface area contributed by atoms with E-state index in [-0.39, 0.29) is 18.1 Å². The Morgan fingerprint density at radius 1 is 1.34 bits per heavy atom. The summed E-state index contributed by atoms with van der Waals surface area (Å²) in [5, 5.41) is 13.0. The van der Waals surface area contributed by atoms with Gasteiger partial charge in [-0.2, -0.15) is 5.26 Å². The lowest BCUT2D eigenvalue weighted by atomic mass is 9.96. The van der Waals surface area contributed by atoms with Crippen LogP contribution in [0.5, 0.6) is 11.6 Å². The highest BCUT2D eigenvalue weighted by molar-refractivity contribution is 5.99. The predicted octanol–water partition coefficient (Wildman–Crippen LogP) is 3.41. The van der Waals surface area contributed by atoms with E-state index in [1.165, 1.54) is 19.2 Å². The Bertz CT molecular complexity index is 1140. The lowest BCUT2D eigenvalue weighted by molar-refractivity contribution is 0.103. The number of amides is 1. The van der Waals surface area contributed by atoms with Crippen molar-refractivity contribution in [1.82, 2.24) is 10.3 Å². The van der Waals surface area contributed by atoms with E-state index in [9.17, 15) is 14.4 Å². The Balaban J connectivity index is 1.86. The van der Waals surface area contributed by atoms with Gasteiger partial charge in [0.25, 0.3) is 0 Å². The molecule has 1 saturated heterocycles. The molecule has 2 heterocycles. The third-order valence-electron chi connectivity index (χ3n) is 4.54. The number of nitriles is 1. The van der Waals surface area contributed by atoms with Crippen molar-refractivity contribution < 1.29 is 23.4 Å². The standard InChI is InChI=1S/C21H16FN3O4/c1-27-14-5-6-18-16(8-14)19(12-3-2-4-13(22)7-12)17(9-23)20(25-18)28-11-15-10-24-21(26)29-15/h2-8,15H,10-11H2,1H3,(H,24,26). The van der Waals surface area contributed by atoms with Crippen LogP contribution in [0.15, 0.2) is 42.5 Å². The van der Waals surface area contributed by atoms with Crippen molar-refractivity contribution in [3.05, 3.63) is 53.8 Å². The van der Waals surface area contributed by atoms with Gasteiger partial charge in [-0.25, -0.2) is 14.2 Å². The molecule has 8 heteroatoms. The molecule has 4 rings (SSSR count). The van der Waals surface area contributed by atoms with Gasteiger partial charge in [-0.3, -0.25) is 0 Å². The molecule has 146 valence electrons. The fraction of sp³-hybridized carbons (Fsp3) is 0.190. The van der Waals surface area contributed by atoms with Crippen LogP contribution in [0.25, 0.3) is 22.0 Å². The highest BCUT2D eigenvalue weighted by Crippen LogP contribution is 2.37. The van der Waals surface area contributed by atoms with Gasteiger partial charge >= 0.3 is 6.09 Å². The van der Waals surface area contributed by atoms with Gasteiger partial charge in [-0.15, -0.1) is 0 Å². The van der Waals surface area contributed by atoms with Gasteiger partial charge in [0.15, 0.2) is 6.10 Å². The van der Waals surface area contributed by atoms with E-state index < -0.39 is 18.0 Å². The Kier molecular flexibility index (Phi) is 4.87. The Morgan fingerprint density at radius 2 is 2.21 bits per heavy atom. The molecule has 1 unspecified atom stereocenters. The summed E-state index contributed by atoms with van der Waals surface area (Å²) >= 11 is 0. The largest absolute Gasteiger partial charge is 0.497 e. The molecule has 2 aromatic carbocycles. The fourth-order valence-electron chi connectivity index (χ4n) is 3.20. The molecule has 1 fully saturated rings. The number of hydrogen-bond acceptors (Lipinski definition) is 6. The van der Waals surface area contributed by atoms with Gasteiger partial charge in [0.2, 0.25) is 5.88 Å². The number of nitrogens with one attached hydrogen (secondary N) is 1. The van der Waals surface area contributed by atoms with Crippen LogP contribution < -0.4 is 14.8 Å². The average Bonchev–Trinajstić information content (AvgIpc) is 3.15. The number of fused-ring (bicyclic) bond motifs is 1. The first-order valence-electron chi connectivity index (χ1n) is 8.84. The maximum Gasteiger partial charge on any atom is 0.407 e. The summed E-state index contributed by atoms with van der Waals surface area (Å²) in [6.07, 6.45) is -1.00. The second-order valence-electron chi connectivity index (χ2n) is 6.39. The number of carbonyl (C=O) groups excluding carboxylic acids is 1. The number of cyclic esters (lactones) is 1. The van der Waals surface area contributed by atoms with E-state index in [1.807, 2.05) is 0 Å². The average molecular weight is 393 g/mol. The topological polar surface area (TPSA) is 93.5 Å². The molecule has 1 atom stereocenters. The van der Waals surface area contributed by atoms with Crippen molar-refractivity contribution in [2.45, 2.75) is 6.10 Å². The third kappa shape index (κ3) is 3.62. The van der Waals surface area contributed by atoms with Crippen LogP contribution in [-0.4, -0.2) is 37.4 Å². The van der Waals surface area contributed by atoms with Crippen LogP contribution in [0.1, 0.15) is 5.56 Å². The molecule has 1 amide bonds. The number of hydrogen-bond donors (Lipinski definition) is 1. The minimum absolute atomic E-state index is 0.0324. The van der Waals surface area contributed by atoms with Gasteiger partial charge in [-0.1, -0.05) is 12.1 Å². The molecule has 1 aliphatic rings. The molecule has 0 radical (unpaired) electrons. The molecule has 1 aromatic heterocycles. The molecule has 3 aromatic rings. The first-order valence-corrected chi connectivity index (χ1v) is 8.84. The van der Waals surface area contributed by atoms with Crippen LogP contribution in [-0.2, 0) is 4.74 Å². The smallest absolute Gasteiger partial charge is 0.407 e. The maximum atomic E-state index is 13.9. The molecular weight excluding hydrogens is 377 g/mol. The molecule has 1 N–H and O–H groups in total. The van der Waals surface area contributed by atoms with Gasteiger partial charge in [0, 0.05) is 10.9 Å². The SMILES string of the molecule is COc1ccc2nc(OCC3CNC(=O)O3)c(C#N)c(-c3cccc(F)c3)c2c1. The number of carbonyl (C=O) groups is 1. The van der Waals surface area contributed by atoms with E-state index in [2.05, 4.69) is 16.4 Å². The number of aromatic nitrogens is 1. The maximum absolute atomic E-state index is 13.9. The van der Waals surface area contributed by atoms with E-state index in [1.54, 1.807) is 30.3 Å². The first kappa shape index (κ1) is 18.5. The molecule has 7 nitrogen and oxygen atoms in total. The number of ether oxygens (including phenoxy) is 3. The number of rotatable bonds is 5. The van der Waals surface area contributed by atoms with Crippen molar-refractivity contribution in [3.63, 3.8) is 0 Å². The van der Waals surface area contributed by atoms with Crippen molar-refractivity contribution in [2.24, 2.45) is 0 Å². The van der Waals surface area contributed by atoms with Crippen LogP contribution >= 0.6 is 0 Å². The van der Waals surface area contributed by atoms with Crippen LogP contribution in [0.3, 0.4) is 0 Å². The first-order chi connectivity index (χ1) is 14.1. The minimum atomic E-state index is -0.516. The van der Waals surface area contributed by atoms with E-state index in [0.717, 1.165) is 0 Å². The zero-order valence-corrected chi connectivity index (χ0v) is 15.4. The normalized spacial score (nSPS) is 15.5. The number of nitrogens with zero attached hydrogens (tertiary/aromatic N) is 2. The summed E-state index contributed by atoms with van der Waals surface area (Å²) in [4.78, 5) is 15.6. The predicted molar refractivity (Wildman–Crippen MR) is 102 cm³/mol. The van der Waals surface area contributed by atoms with Gasteiger partial charge in [0.05, 0.1) is 19.2 Å². The lowest BCUT2D eigenvalue weighted by Gasteiger charge is -2.16. The summed E-state index contributed by atoms with van der Waals surface area (Å²) in [7, 11) is 1.54. The zero-order chi connectivity index (χ0) is 20.4. The number of benzene rings is 2. The number of halogens is 1. The lowest BCUT2D eigenvalue weighted by Crippen LogP contribution is -2.22. The molecule has 1 aliphatic heterocycles. The van der Waals surface area contributed by atoms with E-state index in [4.69, 9.17) is 14.2 Å². The quantitative estimate of drug-likeness (QED) is 0.714. The number of alkyl carbamates (subject to hydrolysis) is 1. The van der Waals surface area contributed by atoms with Gasteiger partial charge in [0.1, 0.15) is 29.8 Å². The van der Waals surface area contributed by atoms with Crippen molar-refractivity contribution in [2.75, 3.05) is 20.3 Å². The molecular formula is C21H16FN3O4. The fourth-order valence-corrected chi connectivity index (χ4v) is 3.20. The number of pyridine rings is 1. The third-order valence-corrected chi connectivity index (χ3v) is 4.54. The Hall–Kier alpha value is -3.86. The highest BCUT2D eigenvalue weighted by Gasteiger charge is 2.25. The second-order valence-corrected chi connectivity index (χ2v) is 6.39. The highest BCUT2D eigenvalue weighted by atomic mass is 19.1. The minimum Gasteiger partial charge on any atom is -0.497 e. The van der Waals surface area contributed by atoms with Gasteiger partial charge < -0.3 is 19.5 Å². The van der Waals surface area contributed by atoms with E-state index in [0.29, 0.717) is 34.3 Å². The molecule has 29 heavy (non-hydrogen) atoms. The second kappa shape index (κ2) is 7.64. The summed E-state index contributed by atoms with van der Waals surface area (Å²) < 4.78 is 30.0. The van der Waals surface area contributed by atoms with Crippen LogP contribution in [0.2, 0.25) is 0 Å². The summed E-state index contributed by atoms with van der Waals surface area (Å²) in [6.45, 7) is 0.340. The Morgan fingerprint density at radius 3 is 2.90 bits per heavy atom. The summed E-state index contributed by atoms with van der Waals surface area (Å²) in [5.74, 6) is 0.247. The van der Waals surface area contributed by atoms with Gasteiger partial charge in [-0.05, 0) is 35.9 Å². The van der Waals surface area contributed by atoms with Crippen molar-refractivity contribution >= 4 is 17.0 Å². The monoisotopic (exact) mass is 393 g/mol. The van der Waals surface area contributed by atoms with Crippen LogP contribution in [0.4, 0.5) is 9.18 Å². The zero-order valence-electron chi connectivity index (χ0n) is 15.4.